The predicted molar refractivity (Wildman–Crippen MR) is 106 cm³/mol. The number of rotatable bonds is 5. The monoisotopic (exact) mass is 408 g/mol. The molecular formula is C18H16N8O4. The van der Waals surface area contributed by atoms with E-state index in [2.05, 4.69) is 20.6 Å². The number of carboxylic acid groups (broad SMARTS) is 1. The number of hydrogen-bond acceptors (Lipinski definition) is 11. The summed E-state index contributed by atoms with van der Waals surface area (Å²) in [6.07, 6.45) is 1.76. The van der Waals surface area contributed by atoms with E-state index in [0.29, 0.717) is 16.9 Å². The van der Waals surface area contributed by atoms with E-state index >= 15 is 0 Å². The summed E-state index contributed by atoms with van der Waals surface area (Å²) < 4.78 is 10.5. The Morgan fingerprint density at radius 1 is 1.37 bits per heavy atom. The third-order valence-corrected chi connectivity index (χ3v) is 4.21. The van der Waals surface area contributed by atoms with Gasteiger partial charge in [-0.05, 0) is 17.7 Å². The fourth-order valence-corrected chi connectivity index (χ4v) is 2.94. The van der Waals surface area contributed by atoms with Crippen LogP contribution < -0.4 is 31.6 Å². The summed E-state index contributed by atoms with van der Waals surface area (Å²) in [4.78, 5) is 19.5. The minimum Gasteiger partial charge on any atom is -0.493 e. The molecule has 0 bridgehead atoms. The Hall–Kier alpha value is -4.71. The van der Waals surface area contributed by atoms with Gasteiger partial charge in [-0.15, -0.1) is 0 Å². The maximum Gasteiger partial charge on any atom is 0.341 e. The Labute approximate surface area is 170 Å². The predicted octanol–water partition coefficient (Wildman–Crippen LogP) is 0.531. The summed E-state index contributed by atoms with van der Waals surface area (Å²) in [6.45, 7) is -0.577. The molecule has 1 unspecified atom stereocenters. The summed E-state index contributed by atoms with van der Waals surface area (Å²) in [5.41, 5.74) is 13.0. The first-order valence-corrected chi connectivity index (χ1v) is 8.41. The molecule has 1 atom stereocenters. The van der Waals surface area contributed by atoms with E-state index in [-0.39, 0.29) is 34.6 Å². The molecule has 1 aliphatic rings. The van der Waals surface area contributed by atoms with Gasteiger partial charge in [-0.3, -0.25) is 5.32 Å². The molecule has 0 radical (unpaired) electrons. The van der Waals surface area contributed by atoms with Gasteiger partial charge in [0.2, 0.25) is 5.96 Å². The Kier molecular flexibility index (Phi) is 5.42. The van der Waals surface area contributed by atoms with Gasteiger partial charge in [-0.1, -0.05) is 6.07 Å². The first kappa shape index (κ1) is 20.0. The number of guanidine groups is 1. The number of aromatic nitrogens is 1. The molecule has 1 aromatic carbocycles. The third-order valence-electron chi connectivity index (χ3n) is 4.21. The second-order valence-electron chi connectivity index (χ2n) is 5.99. The molecule has 2 aromatic rings. The highest BCUT2D eigenvalue weighted by Crippen LogP contribution is 2.42. The first-order chi connectivity index (χ1) is 14.4. The lowest BCUT2D eigenvalue weighted by Gasteiger charge is -2.26. The average Bonchev–Trinajstić information content (AvgIpc) is 2.71. The lowest BCUT2D eigenvalue weighted by molar-refractivity contribution is -0.139. The van der Waals surface area contributed by atoms with Gasteiger partial charge in [0.25, 0.3) is 0 Å². The minimum atomic E-state index is -1.16. The number of carboxylic acids is 1. The molecule has 0 saturated carbocycles. The number of aliphatic imine (C=N–C) groups is 1. The van der Waals surface area contributed by atoms with Crippen LogP contribution in [0.1, 0.15) is 22.7 Å². The second kappa shape index (κ2) is 8.12. The van der Waals surface area contributed by atoms with Crippen molar-refractivity contribution in [3.8, 4) is 23.8 Å². The highest BCUT2D eigenvalue weighted by atomic mass is 16.5. The standard InChI is InChI=1S/C18H16N8O4/c1-29-10-3-2-8(4-11(10)30-6-12(27)28)15-13-14(21)9(5-19)16(22)25-17(13)26-18(24-15)23-7-20/h2-4,15H,6H2,1H3,(H,27,28)(H6,21,22,23,24,25,26). The van der Waals surface area contributed by atoms with Crippen molar-refractivity contribution in [3.63, 3.8) is 0 Å². The van der Waals surface area contributed by atoms with Crippen molar-refractivity contribution in [1.29, 1.82) is 10.5 Å². The van der Waals surface area contributed by atoms with Crippen molar-refractivity contribution in [2.24, 2.45) is 4.99 Å². The van der Waals surface area contributed by atoms with E-state index in [9.17, 15) is 10.1 Å². The van der Waals surface area contributed by atoms with Crippen LogP contribution in [0, 0.1) is 22.8 Å². The quantitative estimate of drug-likeness (QED) is 0.341. The van der Waals surface area contributed by atoms with Gasteiger partial charge in [0, 0.05) is 5.56 Å². The maximum atomic E-state index is 10.9. The molecule has 2 heterocycles. The van der Waals surface area contributed by atoms with Gasteiger partial charge < -0.3 is 31.4 Å². The lowest BCUT2D eigenvalue weighted by Crippen LogP contribution is -2.32. The molecule has 3 rings (SSSR count). The summed E-state index contributed by atoms with van der Waals surface area (Å²) in [5.74, 6) is -0.422. The number of benzene rings is 1. The van der Waals surface area contributed by atoms with Gasteiger partial charge in [-0.2, -0.15) is 10.5 Å². The zero-order valence-corrected chi connectivity index (χ0v) is 15.6. The van der Waals surface area contributed by atoms with Crippen molar-refractivity contribution < 1.29 is 19.4 Å². The van der Waals surface area contributed by atoms with Crippen LogP contribution in [-0.2, 0) is 4.79 Å². The van der Waals surface area contributed by atoms with Crippen LogP contribution in [0.15, 0.2) is 23.2 Å². The molecule has 0 amide bonds. The molecule has 0 spiro atoms. The molecule has 1 aliphatic heterocycles. The van der Waals surface area contributed by atoms with E-state index in [0.717, 1.165) is 0 Å². The number of fused-ring (bicyclic) bond motifs is 1. The molecule has 0 aliphatic carbocycles. The van der Waals surface area contributed by atoms with Gasteiger partial charge in [0.15, 0.2) is 24.3 Å². The topological polar surface area (TPSA) is 205 Å². The van der Waals surface area contributed by atoms with E-state index in [1.165, 1.54) is 13.2 Å². The highest BCUT2D eigenvalue weighted by Gasteiger charge is 2.30. The van der Waals surface area contributed by atoms with E-state index in [1.54, 1.807) is 18.3 Å². The van der Waals surface area contributed by atoms with Gasteiger partial charge in [-0.25, -0.2) is 14.8 Å². The van der Waals surface area contributed by atoms with Gasteiger partial charge >= 0.3 is 5.97 Å². The number of nitrogens with two attached hydrogens (primary N) is 2. The summed E-state index contributed by atoms with van der Waals surface area (Å²) in [7, 11) is 1.42. The lowest BCUT2D eigenvalue weighted by atomic mass is 9.95. The van der Waals surface area contributed by atoms with Crippen LogP contribution >= 0.6 is 0 Å². The minimum absolute atomic E-state index is 0.00306. The van der Waals surface area contributed by atoms with Crippen molar-refractivity contribution in [2.75, 3.05) is 30.5 Å². The number of hydrogen-bond donors (Lipinski definition) is 5. The van der Waals surface area contributed by atoms with Gasteiger partial charge in [0.1, 0.15) is 29.3 Å². The Morgan fingerprint density at radius 3 is 2.77 bits per heavy atom. The number of aliphatic carboxylic acids is 1. The fraction of sp³-hybridized carbons (Fsp3) is 0.167. The molecule has 12 nitrogen and oxygen atoms in total. The molecule has 0 fully saturated rings. The molecule has 30 heavy (non-hydrogen) atoms. The van der Waals surface area contributed by atoms with Crippen LogP contribution in [0.3, 0.4) is 0 Å². The van der Waals surface area contributed by atoms with Crippen LogP contribution in [0.25, 0.3) is 0 Å². The van der Waals surface area contributed by atoms with Crippen molar-refractivity contribution in [3.05, 3.63) is 34.9 Å². The first-order valence-electron chi connectivity index (χ1n) is 8.41. The largest absolute Gasteiger partial charge is 0.493 e. The Bertz CT molecular complexity index is 1130. The highest BCUT2D eigenvalue weighted by molar-refractivity contribution is 5.98. The molecule has 0 saturated heterocycles. The average molecular weight is 408 g/mol. The summed E-state index contributed by atoms with van der Waals surface area (Å²) in [5, 5.41) is 32.4. The number of pyridine rings is 1. The van der Waals surface area contributed by atoms with Crippen LogP contribution in [0.5, 0.6) is 11.5 Å². The maximum absolute atomic E-state index is 10.9. The normalized spacial score (nSPS) is 14.2. The third kappa shape index (κ3) is 3.65. The number of anilines is 3. The zero-order chi connectivity index (χ0) is 21.8. The molecule has 7 N–H and O–H groups in total. The van der Waals surface area contributed by atoms with Crippen molar-refractivity contribution in [1.82, 2.24) is 10.3 Å². The summed E-state index contributed by atoms with van der Waals surface area (Å²) in [6, 6.07) is 5.91. The number of nitrogens with zero attached hydrogens (tertiary/aromatic N) is 4. The number of ether oxygens (including phenoxy) is 2. The zero-order valence-electron chi connectivity index (χ0n) is 15.6. The Morgan fingerprint density at radius 2 is 2.13 bits per heavy atom. The molecule has 12 heteroatoms. The van der Waals surface area contributed by atoms with Crippen LogP contribution in [0.4, 0.5) is 17.3 Å². The SMILES string of the molecule is COc1ccc(C2N=C(NC#N)Nc3nc(N)c(C#N)c(N)c32)cc1OCC(=O)O. The number of methoxy groups -OCH3 is 1. The van der Waals surface area contributed by atoms with E-state index < -0.39 is 18.6 Å². The van der Waals surface area contributed by atoms with Gasteiger partial charge in [0.05, 0.1) is 12.8 Å². The summed E-state index contributed by atoms with van der Waals surface area (Å²) >= 11 is 0. The Balaban J connectivity index is 2.17. The van der Waals surface area contributed by atoms with Crippen LogP contribution in [-0.4, -0.2) is 35.7 Å². The van der Waals surface area contributed by atoms with E-state index in [1.807, 2.05) is 6.07 Å². The molecule has 152 valence electrons. The number of nitrogen functional groups attached to an aromatic ring is 2. The van der Waals surface area contributed by atoms with E-state index in [4.69, 9.17) is 31.3 Å². The number of nitrogens with one attached hydrogen (secondary N) is 2. The van der Waals surface area contributed by atoms with Crippen molar-refractivity contribution in [2.45, 2.75) is 6.04 Å². The number of carbonyl (C=O) groups is 1. The fourth-order valence-electron chi connectivity index (χ4n) is 2.94. The molecular weight excluding hydrogens is 392 g/mol. The van der Waals surface area contributed by atoms with Crippen LogP contribution in [0.2, 0.25) is 0 Å². The van der Waals surface area contributed by atoms with Crippen molar-refractivity contribution >= 4 is 29.3 Å². The smallest absolute Gasteiger partial charge is 0.341 e. The second-order valence-corrected chi connectivity index (χ2v) is 5.99. The number of nitriles is 2. The molecule has 1 aromatic heterocycles.